The highest BCUT2D eigenvalue weighted by Crippen LogP contribution is 2.16. The van der Waals surface area contributed by atoms with Crippen molar-refractivity contribution in [1.29, 1.82) is 0 Å². The molecule has 144 valence electrons. The van der Waals surface area contributed by atoms with Crippen LogP contribution in [-0.2, 0) is 14.3 Å². The normalized spacial score (nSPS) is 18.0. The summed E-state index contributed by atoms with van der Waals surface area (Å²) in [6, 6.07) is 6.87. The molecule has 1 amide bonds. The molecule has 1 saturated heterocycles. The van der Waals surface area contributed by atoms with Gasteiger partial charge in [-0.15, -0.1) is 5.10 Å². The number of hydrogen-bond acceptors (Lipinski definition) is 6. The number of anilines is 1. The van der Waals surface area contributed by atoms with Crippen molar-refractivity contribution in [1.82, 2.24) is 15.0 Å². The fourth-order valence-electron chi connectivity index (χ4n) is 2.72. The molecule has 1 aromatic heterocycles. The lowest BCUT2D eigenvalue weighted by molar-refractivity contribution is -0.130. The van der Waals surface area contributed by atoms with Crippen molar-refractivity contribution in [3.63, 3.8) is 0 Å². The zero-order valence-corrected chi connectivity index (χ0v) is 15.0. The highest BCUT2D eigenvalue weighted by Gasteiger charge is 2.19. The fourth-order valence-corrected chi connectivity index (χ4v) is 2.72. The zero-order chi connectivity index (χ0) is 19.2. The van der Waals surface area contributed by atoms with Crippen molar-refractivity contribution >= 4 is 17.6 Å². The van der Waals surface area contributed by atoms with Gasteiger partial charge in [0.2, 0.25) is 0 Å². The number of carbonyl (C=O) groups is 2. The summed E-state index contributed by atoms with van der Waals surface area (Å²) in [4.78, 5) is 23.3. The Labute approximate surface area is 156 Å². The molecule has 1 fully saturated rings. The lowest BCUT2D eigenvalue weighted by Crippen LogP contribution is -2.32. The van der Waals surface area contributed by atoms with Gasteiger partial charge in [-0.3, -0.25) is 4.79 Å². The molecular weight excluding hydrogens is 352 g/mol. The molecule has 2 aromatic rings. The molecule has 0 spiro atoms. The Morgan fingerprint density at radius 2 is 2.30 bits per heavy atom. The summed E-state index contributed by atoms with van der Waals surface area (Å²) >= 11 is 0. The predicted octanol–water partition coefficient (Wildman–Crippen LogP) is 1.88. The maximum absolute atomic E-state index is 12.3. The van der Waals surface area contributed by atoms with Crippen LogP contribution in [0.15, 0.2) is 30.5 Å². The number of nitrogens with one attached hydrogen (secondary N) is 1. The van der Waals surface area contributed by atoms with Gasteiger partial charge in [0.25, 0.3) is 5.91 Å². The smallest absolute Gasteiger partial charge is 0.358 e. The van der Waals surface area contributed by atoms with E-state index in [-0.39, 0.29) is 17.7 Å². The van der Waals surface area contributed by atoms with Crippen LogP contribution in [-0.4, -0.2) is 57.4 Å². The Hall–Kier alpha value is -2.78. The summed E-state index contributed by atoms with van der Waals surface area (Å²) in [5, 5.41) is 19.1. The molecule has 27 heavy (non-hydrogen) atoms. The number of aromatic nitrogens is 3. The Bertz CT molecular complexity index is 801. The quantitative estimate of drug-likeness (QED) is 0.760. The number of carboxylic acid groups (broad SMARTS) is 1. The predicted molar refractivity (Wildman–Crippen MR) is 96.0 cm³/mol. The third-order valence-electron chi connectivity index (χ3n) is 4.27. The van der Waals surface area contributed by atoms with E-state index in [1.54, 1.807) is 31.2 Å². The number of benzene rings is 1. The van der Waals surface area contributed by atoms with Crippen LogP contribution in [0.2, 0.25) is 0 Å². The van der Waals surface area contributed by atoms with Gasteiger partial charge < -0.3 is 19.9 Å². The van der Waals surface area contributed by atoms with E-state index in [2.05, 4.69) is 15.6 Å². The molecule has 1 aromatic carbocycles. The topological polar surface area (TPSA) is 116 Å². The zero-order valence-electron chi connectivity index (χ0n) is 15.0. The van der Waals surface area contributed by atoms with Crippen LogP contribution in [0.25, 0.3) is 5.69 Å². The highest BCUT2D eigenvalue weighted by molar-refractivity contribution is 5.94. The summed E-state index contributed by atoms with van der Waals surface area (Å²) in [7, 11) is 0. The molecule has 0 bridgehead atoms. The largest absolute Gasteiger partial charge is 0.476 e. The molecule has 2 unspecified atom stereocenters. The SMILES string of the molecule is CC(OCC1CCCCO1)C(=O)Nc1cccc(-n2cc(C(=O)O)nn2)c1. The first kappa shape index (κ1) is 19.0. The molecule has 0 radical (unpaired) electrons. The lowest BCUT2D eigenvalue weighted by atomic mass is 10.1. The summed E-state index contributed by atoms with van der Waals surface area (Å²) in [5.41, 5.74) is 0.975. The number of nitrogens with zero attached hydrogens (tertiary/aromatic N) is 3. The van der Waals surface area contributed by atoms with Crippen LogP contribution >= 0.6 is 0 Å². The molecule has 9 nitrogen and oxygen atoms in total. The van der Waals surface area contributed by atoms with Gasteiger partial charge in [0.15, 0.2) is 5.69 Å². The van der Waals surface area contributed by atoms with Gasteiger partial charge >= 0.3 is 5.97 Å². The van der Waals surface area contributed by atoms with E-state index in [1.165, 1.54) is 10.9 Å². The van der Waals surface area contributed by atoms with Gasteiger partial charge in [-0.05, 0) is 44.4 Å². The first-order chi connectivity index (χ1) is 13.0. The van der Waals surface area contributed by atoms with E-state index in [1.807, 2.05) is 0 Å². The molecule has 0 saturated carbocycles. The van der Waals surface area contributed by atoms with Crippen LogP contribution in [0.1, 0.15) is 36.7 Å². The molecule has 1 aliphatic rings. The highest BCUT2D eigenvalue weighted by atomic mass is 16.5. The van der Waals surface area contributed by atoms with Crippen LogP contribution in [0.5, 0.6) is 0 Å². The van der Waals surface area contributed by atoms with E-state index < -0.39 is 12.1 Å². The first-order valence-electron chi connectivity index (χ1n) is 8.83. The van der Waals surface area contributed by atoms with Crippen LogP contribution in [0.4, 0.5) is 5.69 Å². The number of rotatable bonds is 7. The van der Waals surface area contributed by atoms with Gasteiger partial charge in [-0.1, -0.05) is 11.3 Å². The minimum atomic E-state index is -1.15. The van der Waals surface area contributed by atoms with E-state index in [9.17, 15) is 9.59 Å². The second-order valence-electron chi connectivity index (χ2n) is 6.36. The van der Waals surface area contributed by atoms with Crippen molar-refractivity contribution in [3.8, 4) is 5.69 Å². The third kappa shape index (κ3) is 5.11. The Morgan fingerprint density at radius 3 is 3.00 bits per heavy atom. The number of carboxylic acids is 1. The summed E-state index contributed by atoms with van der Waals surface area (Å²) in [6.45, 7) is 2.83. The Kier molecular flexibility index (Phi) is 6.15. The van der Waals surface area contributed by atoms with Crippen molar-refractivity contribution < 1.29 is 24.2 Å². The molecule has 0 aliphatic carbocycles. The maximum atomic E-state index is 12.3. The van der Waals surface area contributed by atoms with Crippen LogP contribution in [0.3, 0.4) is 0 Å². The van der Waals surface area contributed by atoms with Crippen molar-refractivity contribution in [2.45, 2.75) is 38.4 Å². The molecule has 9 heteroatoms. The van der Waals surface area contributed by atoms with Gasteiger partial charge in [-0.25, -0.2) is 9.48 Å². The first-order valence-corrected chi connectivity index (χ1v) is 8.83. The van der Waals surface area contributed by atoms with Gasteiger partial charge in [0.05, 0.1) is 24.6 Å². The fraction of sp³-hybridized carbons (Fsp3) is 0.444. The van der Waals surface area contributed by atoms with Gasteiger partial charge in [0.1, 0.15) is 6.10 Å². The van der Waals surface area contributed by atoms with Gasteiger partial charge in [0, 0.05) is 12.3 Å². The Balaban J connectivity index is 1.57. The van der Waals surface area contributed by atoms with Crippen molar-refractivity contribution in [2.24, 2.45) is 0 Å². The van der Waals surface area contributed by atoms with E-state index >= 15 is 0 Å². The van der Waals surface area contributed by atoms with Crippen molar-refractivity contribution in [3.05, 3.63) is 36.2 Å². The van der Waals surface area contributed by atoms with E-state index in [0.717, 1.165) is 25.9 Å². The number of carbonyl (C=O) groups excluding carboxylic acids is 1. The number of amides is 1. The molecule has 2 atom stereocenters. The molecule has 2 heterocycles. The summed E-state index contributed by atoms with van der Waals surface area (Å²) in [5.74, 6) is -1.42. The average molecular weight is 374 g/mol. The number of hydrogen-bond donors (Lipinski definition) is 2. The number of ether oxygens (including phenoxy) is 2. The van der Waals surface area contributed by atoms with Crippen molar-refractivity contribution in [2.75, 3.05) is 18.5 Å². The molecule has 3 rings (SSSR count). The lowest BCUT2D eigenvalue weighted by Gasteiger charge is -2.23. The van der Waals surface area contributed by atoms with E-state index in [4.69, 9.17) is 14.6 Å². The summed E-state index contributed by atoms with van der Waals surface area (Å²) < 4.78 is 12.6. The minimum absolute atomic E-state index is 0.0491. The minimum Gasteiger partial charge on any atom is -0.476 e. The van der Waals surface area contributed by atoms with Crippen LogP contribution in [0, 0.1) is 0 Å². The third-order valence-corrected chi connectivity index (χ3v) is 4.27. The monoisotopic (exact) mass is 374 g/mol. The molecular formula is C18H22N4O5. The molecule has 2 N–H and O–H groups in total. The second-order valence-corrected chi connectivity index (χ2v) is 6.36. The summed E-state index contributed by atoms with van der Waals surface area (Å²) in [6.07, 6.45) is 3.87. The number of aromatic carboxylic acids is 1. The molecule has 1 aliphatic heterocycles. The Morgan fingerprint density at radius 1 is 1.44 bits per heavy atom. The standard InChI is InChI=1S/C18H22N4O5/c1-12(27-11-15-7-2-3-8-26-15)17(23)19-13-5-4-6-14(9-13)22-10-16(18(24)25)20-21-22/h4-6,9-10,12,15H,2-3,7-8,11H2,1H3,(H,19,23)(H,24,25). The average Bonchev–Trinajstić information content (AvgIpc) is 3.18. The maximum Gasteiger partial charge on any atom is 0.358 e. The van der Waals surface area contributed by atoms with E-state index in [0.29, 0.717) is 18.0 Å². The second kappa shape index (κ2) is 8.74. The van der Waals surface area contributed by atoms with Gasteiger partial charge in [-0.2, -0.15) is 0 Å². The van der Waals surface area contributed by atoms with Crippen LogP contribution < -0.4 is 5.32 Å².